The molecule has 1 amide bonds. The van der Waals surface area contributed by atoms with Crippen LogP contribution >= 0.6 is 0 Å². The summed E-state index contributed by atoms with van der Waals surface area (Å²) < 4.78 is 5.30. The van der Waals surface area contributed by atoms with Gasteiger partial charge in [-0.05, 0) is 13.3 Å². The average molecular weight is 296 g/mol. The summed E-state index contributed by atoms with van der Waals surface area (Å²) in [4.78, 5) is 22.0. The van der Waals surface area contributed by atoms with Crippen LogP contribution in [0.3, 0.4) is 0 Å². The third-order valence-corrected chi connectivity index (χ3v) is 2.69. The molecular weight excluding hydrogens is 272 g/mol. The summed E-state index contributed by atoms with van der Waals surface area (Å²) in [6, 6.07) is 1.68. The molecule has 118 valence electrons. The van der Waals surface area contributed by atoms with E-state index in [2.05, 4.69) is 20.7 Å². The molecule has 0 fully saturated rings. The highest BCUT2D eigenvalue weighted by Crippen LogP contribution is 2.14. The van der Waals surface area contributed by atoms with Crippen molar-refractivity contribution >= 4 is 17.5 Å². The Morgan fingerprint density at radius 1 is 1.43 bits per heavy atom. The molecule has 0 bridgehead atoms. The zero-order valence-corrected chi connectivity index (χ0v) is 12.8. The van der Waals surface area contributed by atoms with Crippen molar-refractivity contribution in [3.63, 3.8) is 0 Å². The van der Waals surface area contributed by atoms with Crippen molar-refractivity contribution in [2.75, 3.05) is 37.1 Å². The second-order valence-electron chi connectivity index (χ2n) is 4.52. The Morgan fingerprint density at radius 3 is 2.81 bits per heavy atom. The Balaban J connectivity index is 2.77. The fraction of sp³-hybridized carbons (Fsp3) is 0.615. The van der Waals surface area contributed by atoms with Gasteiger partial charge in [-0.25, -0.2) is 15.8 Å². The number of hydrogen-bond donors (Lipinski definition) is 3. The highest BCUT2D eigenvalue weighted by molar-refractivity contribution is 5.80. The molecule has 0 saturated heterocycles. The molecule has 4 N–H and O–H groups in total. The smallest absolute Gasteiger partial charge is 0.239 e. The maximum absolute atomic E-state index is 11.7. The lowest BCUT2D eigenvalue weighted by atomic mass is 10.4. The maximum atomic E-state index is 11.7. The first kappa shape index (κ1) is 17.1. The molecule has 0 unspecified atom stereocenters. The summed E-state index contributed by atoms with van der Waals surface area (Å²) in [6.07, 6.45) is 0.905. The van der Waals surface area contributed by atoms with E-state index < -0.39 is 0 Å². The fourth-order valence-corrected chi connectivity index (χ4v) is 1.63. The molecule has 0 aliphatic heterocycles. The predicted octanol–water partition coefficient (Wildman–Crippen LogP) is 0.261. The molecule has 21 heavy (non-hydrogen) atoms. The van der Waals surface area contributed by atoms with E-state index in [9.17, 15) is 4.79 Å². The van der Waals surface area contributed by atoms with E-state index in [0.29, 0.717) is 37.2 Å². The number of carbonyl (C=O) groups excluding carboxylic acids is 1. The number of nitrogen functional groups attached to an aromatic ring is 1. The van der Waals surface area contributed by atoms with Gasteiger partial charge in [0, 0.05) is 26.3 Å². The SMILES string of the molecule is CCCNC(=O)CN(C)c1cc(NN)nc(COCC)n1. The van der Waals surface area contributed by atoms with Gasteiger partial charge in [-0.2, -0.15) is 0 Å². The van der Waals surface area contributed by atoms with Gasteiger partial charge in [-0.15, -0.1) is 0 Å². The lowest BCUT2D eigenvalue weighted by Crippen LogP contribution is -2.36. The third kappa shape index (κ3) is 5.92. The maximum Gasteiger partial charge on any atom is 0.239 e. The van der Waals surface area contributed by atoms with Crippen molar-refractivity contribution in [3.8, 4) is 0 Å². The Morgan fingerprint density at radius 2 is 2.19 bits per heavy atom. The first-order valence-corrected chi connectivity index (χ1v) is 7.00. The van der Waals surface area contributed by atoms with Crippen molar-refractivity contribution < 1.29 is 9.53 Å². The number of aromatic nitrogens is 2. The number of amides is 1. The van der Waals surface area contributed by atoms with E-state index in [4.69, 9.17) is 10.6 Å². The van der Waals surface area contributed by atoms with Crippen LogP contribution in [0.15, 0.2) is 6.07 Å². The molecule has 1 aromatic rings. The quantitative estimate of drug-likeness (QED) is 0.443. The monoisotopic (exact) mass is 296 g/mol. The molecule has 8 nitrogen and oxygen atoms in total. The summed E-state index contributed by atoms with van der Waals surface area (Å²) >= 11 is 0. The molecule has 1 aromatic heterocycles. The molecule has 0 saturated carbocycles. The van der Waals surface area contributed by atoms with Gasteiger partial charge in [0.1, 0.15) is 18.2 Å². The van der Waals surface area contributed by atoms with Gasteiger partial charge in [-0.1, -0.05) is 6.92 Å². The van der Waals surface area contributed by atoms with E-state index in [1.165, 1.54) is 0 Å². The number of carbonyl (C=O) groups is 1. The number of nitrogens with zero attached hydrogens (tertiary/aromatic N) is 3. The van der Waals surface area contributed by atoms with Crippen LogP contribution in [0.2, 0.25) is 0 Å². The lowest BCUT2D eigenvalue weighted by Gasteiger charge is -2.19. The molecule has 0 aliphatic rings. The Hall–Kier alpha value is -1.93. The Kier molecular flexibility index (Phi) is 7.41. The Bertz CT molecular complexity index is 454. The van der Waals surface area contributed by atoms with Crippen molar-refractivity contribution in [2.45, 2.75) is 26.9 Å². The first-order chi connectivity index (χ1) is 10.1. The minimum Gasteiger partial charge on any atom is -0.374 e. The number of hydrazine groups is 1. The second kappa shape index (κ2) is 9.09. The van der Waals surface area contributed by atoms with E-state index in [0.717, 1.165) is 6.42 Å². The summed E-state index contributed by atoms with van der Waals surface area (Å²) in [7, 11) is 1.79. The molecule has 8 heteroatoms. The molecule has 0 radical (unpaired) electrons. The van der Waals surface area contributed by atoms with E-state index >= 15 is 0 Å². The van der Waals surface area contributed by atoms with Crippen LogP contribution in [-0.2, 0) is 16.1 Å². The van der Waals surface area contributed by atoms with Gasteiger partial charge in [0.05, 0.1) is 6.54 Å². The van der Waals surface area contributed by atoms with E-state index in [1.807, 2.05) is 13.8 Å². The van der Waals surface area contributed by atoms with Crippen molar-refractivity contribution in [1.82, 2.24) is 15.3 Å². The molecule has 1 heterocycles. The zero-order valence-electron chi connectivity index (χ0n) is 12.8. The molecule has 0 aromatic carbocycles. The zero-order chi connectivity index (χ0) is 15.7. The molecule has 0 aliphatic carbocycles. The molecule has 1 rings (SSSR count). The summed E-state index contributed by atoms with van der Waals surface area (Å²) in [6.45, 7) is 5.67. The van der Waals surface area contributed by atoms with E-state index in [-0.39, 0.29) is 12.5 Å². The van der Waals surface area contributed by atoms with Crippen LogP contribution in [0.5, 0.6) is 0 Å². The topological polar surface area (TPSA) is 105 Å². The van der Waals surface area contributed by atoms with Gasteiger partial charge < -0.3 is 20.4 Å². The van der Waals surface area contributed by atoms with Crippen molar-refractivity contribution in [3.05, 3.63) is 11.9 Å². The fourth-order valence-electron chi connectivity index (χ4n) is 1.63. The summed E-state index contributed by atoms with van der Waals surface area (Å²) in [5.41, 5.74) is 2.49. The number of anilines is 2. The van der Waals surface area contributed by atoms with Crippen LogP contribution in [-0.4, -0.2) is 42.6 Å². The minimum atomic E-state index is -0.0495. The first-order valence-electron chi connectivity index (χ1n) is 7.00. The van der Waals surface area contributed by atoms with Crippen LogP contribution in [0.1, 0.15) is 26.1 Å². The van der Waals surface area contributed by atoms with Crippen molar-refractivity contribution in [1.29, 1.82) is 0 Å². The highest BCUT2D eigenvalue weighted by atomic mass is 16.5. The predicted molar refractivity (Wildman–Crippen MR) is 81.7 cm³/mol. The summed E-state index contributed by atoms with van der Waals surface area (Å²) in [5.74, 6) is 6.96. The molecular formula is C13H24N6O2. The van der Waals surface area contributed by atoms with Gasteiger partial charge in [-0.3, -0.25) is 4.79 Å². The molecule has 0 spiro atoms. The average Bonchev–Trinajstić information content (AvgIpc) is 2.50. The number of nitrogens with two attached hydrogens (primary N) is 1. The van der Waals surface area contributed by atoms with Gasteiger partial charge in [0.15, 0.2) is 5.82 Å². The Labute approximate surface area is 125 Å². The van der Waals surface area contributed by atoms with Crippen molar-refractivity contribution in [2.24, 2.45) is 5.84 Å². The number of hydrogen-bond acceptors (Lipinski definition) is 7. The van der Waals surface area contributed by atoms with Gasteiger partial charge in [0.25, 0.3) is 0 Å². The lowest BCUT2D eigenvalue weighted by molar-refractivity contribution is -0.119. The van der Waals surface area contributed by atoms with Gasteiger partial charge >= 0.3 is 0 Å². The normalized spacial score (nSPS) is 10.3. The minimum absolute atomic E-state index is 0.0495. The number of likely N-dealkylation sites (N-methyl/N-ethyl adjacent to an activating group) is 1. The van der Waals surface area contributed by atoms with Crippen LogP contribution in [0.25, 0.3) is 0 Å². The number of nitrogens with one attached hydrogen (secondary N) is 2. The number of ether oxygens (including phenoxy) is 1. The standard InChI is InChI=1S/C13H24N6O2/c1-4-6-15-13(20)8-19(3)12-7-10(18-14)16-11(17-12)9-21-5-2/h7H,4-6,8-9,14H2,1-3H3,(H,15,20)(H,16,17,18). The van der Waals surface area contributed by atoms with Crippen LogP contribution in [0, 0.1) is 0 Å². The van der Waals surface area contributed by atoms with Crippen LogP contribution in [0.4, 0.5) is 11.6 Å². The molecule has 0 atom stereocenters. The highest BCUT2D eigenvalue weighted by Gasteiger charge is 2.11. The second-order valence-corrected chi connectivity index (χ2v) is 4.52. The van der Waals surface area contributed by atoms with E-state index in [1.54, 1.807) is 18.0 Å². The number of rotatable bonds is 9. The van der Waals surface area contributed by atoms with Gasteiger partial charge in [0.2, 0.25) is 5.91 Å². The summed E-state index contributed by atoms with van der Waals surface area (Å²) in [5, 5.41) is 2.82. The third-order valence-electron chi connectivity index (χ3n) is 2.69. The van der Waals surface area contributed by atoms with Crippen LogP contribution < -0.4 is 21.5 Å². The largest absolute Gasteiger partial charge is 0.374 e.